The number of thiophene rings is 1. The fraction of sp³-hybridized carbons (Fsp3) is 0.238. The molecule has 8 nitrogen and oxygen atoms in total. The van der Waals surface area contributed by atoms with Crippen LogP contribution in [0.3, 0.4) is 0 Å². The summed E-state index contributed by atoms with van der Waals surface area (Å²) >= 11 is 7.06. The molecular formula is C21H19ClFN5O3S. The predicted molar refractivity (Wildman–Crippen MR) is 120 cm³/mol. The second-order valence-corrected chi connectivity index (χ2v) is 9.01. The lowest BCUT2D eigenvalue weighted by Gasteiger charge is -2.18. The summed E-state index contributed by atoms with van der Waals surface area (Å²) in [6, 6.07) is 7.05. The number of carbonyl (C=O) groups is 2. The van der Waals surface area contributed by atoms with Crippen LogP contribution in [-0.4, -0.2) is 46.0 Å². The van der Waals surface area contributed by atoms with Gasteiger partial charge in [0.25, 0.3) is 11.5 Å². The molecule has 166 valence electrons. The van der Waals surface area contributed by atoms with Crippen LogP contribution in [0.5, 0.6) is 0 Å². The molecule has 1 atom stereocenters. The van der Waals surface area contributed by atoms with Gasteiger partial charge in [-0.2, -0.15) is 0 Å². The van der Waals surface area contributed by atoms with Crippen LogP contribution in [0.2, 0.25) is 4.34 Å². The number of benzene rings is 1. The number of likely N-dealkylation sites (tertiary alicyclic amines) is 1. The van der Waals surface area contributed by atoms with Crippen LogP contribution < -0.4 is 16.2 Å². The van der Waals surface area contributed by atoms with Crippen molar-refractivity contribution in [1.29, 1.82) is 0 Å². The molecule has 1 aromatic carbocycles. The first-order valence-electron chi connectivity index (χ1n) is 9.83. The zero-order valence-electron chi connectivity index (χ0n) is 16.8. The highest BCUT2D eigenvalue weighted by Gasteiger charge is 2.27. The van der Waals surface area contributed by atoms with E-state index in [9.17, 15) is 18.8 Å². The Morgan fingerprint density at radius 3 is 2.84 bits per heavy atom. The number of rotatable bonds is 5. The lowest BCUT2D eigenvalue weighted by atomic mass is 10.1. The maximum absolute atomic E-state index is 14.5. The lowest BCUT2D eigenvalue weighted by Crippen LogP contribution is -2.35. The zero-order chi connectivity index (χ0) is 22.7. The number of aromatic nitrogens is 2. The van der Waals surface area contributed by atoms with Crippen molar-refractivity contribution in [3.05, 3.63) is 74.3 Å². The van der Waals surface area contributed by atoms with E-state index in [4.69, 9.17) is 11.6 Å². The third kappa shape index (κ3) is 4.97. The number of nitrogens with one attached hydrogen (secondary N) is 2. The molecule has 0 bridgehead atoms. The van der Waals surface area contributed by atoms with E-state index in [0.717, 1.165) is 12.6 Å². The third-order valence-corrected chi connectivity index (χ3v) is 6.35. The van der Waals surface area contributed by atoms with Gasteiger partial charge in [0.15, 0.2) is 0 Å². The summed E-state index contributed by atoms with van der Waals surface area (Å²) in [5, 5.41) is 5.43. The Hall–Kier alpha value is -3.24. The van der Waals surface area contributed by atoms with E-state index >= 15 is 0 Å². The molecule has 3 heterocycles. The summed E-state index contributed by atoms with van der Waals surface area (Å²) in [7, 11) is 0. The minimum absolute atomic E-state index is 0.0205. The molecule has 0 radical (unpaired) electrons. The summed E-state index contributed by atoms with van der Waals surface area (Å²) in [4.78, 5) is 42.4. The Labute approximate surface area is 191 Å². The summed E-state index contributed by atoms with van der Waals surface area (Å²) < 4.78 is 16.3. The second kappa shape index (κ2) is 9.49. The highest BCUT2D eigenvalue weighted by Crippen LogP contribution is 2.23. The number of nitrogens with zero attached hydrogens (tertiary/aromatic N) is 3. The van der Waals surface area contributed by atoms with Gasteiger partial charge in [-0.3, -0.25) is 19.1 Å². The molecule has 32 heavy (non-hydrogen) atoms. The second-order valence-electron chi connectivity index (χ2n) is 7.29. The number of halogens is 2. The molecular weight excluding hydrogens is 457 g/mol. The molecule has 0 unspecified atom stereocenters. The fourth-order valence-electron chi connectivity index (χ4n) is 3.45. The minimum Gasteiger partial charge on any atom is -0.351 e. The van der Waals surface area contributed by atoms with Crippen molar-refractivity contribution in [2.45, 2.75) is 6.42 Å². The highest BCUT2D eigenvalue weighted by atomic mass is 35.5. The Balaban J connectivity index is 1.32. The van der Waals surface area contributed by atoms with Gasteiger partial charge in [-0.15, -0.1) is 11.3 Å². The van der Waals surface area contributed by atoms with Gasteiger partial charge in [-0.05, 0) is 36.6 Å². The van der Waals surface area contributed by atoms with Gasteiger partial charge < -0.3 is 15.5 Å². The first kappa shape index (κ1) is 22.0. The van der Waals surface area contributed by atoms with Gasteiger partial charge in [0, 0.05) is 38.1 Å². The van der Waals surface area contributed by atoms with Crippen LogP contribution in [0.15, 0.2) is 53.7 Å². The Bertz CT molecular complexity index is 1210. The topological polar surface area (TPSA) is 96.3 Å². The Morgan fingerprint density at radius 1 is 1.28 bits per heavy atom. The maximum atomic E-state index is 14.5. The number of carbonyl (C=O) groups excluding carboxylic acids is 2. The molecule has 1 aliphatic rings. The van der Waals surface area contributed by atoms with E-state index in [1.165, 1.54) is 40.4 Å². The average Bonchev–Trinajstić information content (AvgIpc) is 3.43. The van der Waals surface area contributed by atoms with Gasteiger partial charge in [-0.1, -0.05) is 11.6 Å². The van der Waals surface area contributed by atoms with Crippen molar-refractivity contribution in [2.24, 2.45) is 5.92 Å². The first-order valence-corrected chi connectivity index (χ1v) is 11.0. The molecule has 1 saturated heterocycles. The summed E-state index contributed by atoms with van der Waals surface area (Å²) in [6.45, 7) is 1.38. The van der Waals surface area contributed by atoms with E-state index in [1.54, 1.807) is 23.1 Å². The molecule has 3 aromatic rings. The van der Waals surface area contributed by atoms with Crippen LogP contribution in [0, 0.1) is 11.7 Å². The normalized spacial score (nSPS) is 15.6. The summed E-state index contributed by atoms with van der Waals surface area (Å²) in [6.07, 6.45) is 4.73. The van der Waals surface area contributed by atoms with Crippen molar-refractivity contribution < 1.29 is 14.0 Å². The van der Waals surface area contributed by atoms with Crippen LogP contribution in [0.1, 0.15) is 16.1 Å². The number of amides is 3. The minimum atomic E-state index is -0.655. The van der Waals surface area contributed by atoms with Gasteiger partial charge in [0.05, 0.1) is 26.8 Å². The van der Waals surface area contributed by atoms with Crippen molar-refractivity contribution in [2.75, 3.05) is 25.0 Å². The quantitative estimate of drug-likeness (QED) is 0.591. The molecule has 4 rings (SSSR count). The van der Waals surface area contributed by atoms with Crippen LogP contribution >= 0.6 is 22.9 Å². The monoisotopic (exact) mass is 475 g/mol. The zero-order valence-corrected chi connectivity index (χ0v) is 18.3. The molecule has 11 heteroatoms. The van der Waals surface area contributed by atoms with Gasteiger partial charge in [-0.25, -0.2) is 9.18 Å². The van der Waals surface area contributed by atoms with Gasteiger partial charge in [0.1, 0.15) is 5.82 Å². The number of hydrogen-bond donors (Lipinski definition) is 2. The molecule has 2 aromatic heterocycles. The van der Waals surface area contributed by atoms with E-state index < -0.39 is 11.8 Å². The standard InChI is InChI=1S/C21H19ClFN5O3S/c22-18-4-3-17(32-18)20(30)25-10-13-5-7-27(12-13)21(31)26-16-2-1-14(9-15(16)23)28-8-6-24-11-19(28)29/h1-4,6,8-9,11,13H,5,7,10,12H2,(H,25,30)(H,26,31)/t13-/m1/s1. The number of urea groups is 1. The number of anilines is 1. The third-order valence-electron chi connectivity index (χ3n) is 5.12. The van der Waals surface area contributed by atoms with Crippen LogP contribution in [0.4, 0.5) is 14.9 Å². The van der Waals surface area contributed by atoms with E-state index in [1.807, 2.05) is 0 Å². The average molecular weight is 476 g/mol. The molecule has 1 aliphatic heterocycles. The van der Waals surface area contributed by atoms with Gasteiger partial charge >= 0.3 is 6.03 Å². The highest BCUT2D eigenvalue weighted by molar-refractivity contribution is 7.17. The summed E-state index contributed by atoms with van der Waals surface area (Å²) in [5.41, 5.74) is -0.0369. The van der Waals surface area contributed by atoms with Crippen molar-refractivity contribution in [3.63, 3.8) is 0 Å². The Kier molecular flexibility index (Phi) is 6.52. The lowest BCUT2D eigenvalue weighted by molar-refractivity contribution is 0.0952. The molecule has 1 fully saturated rings. The van der Waals surface area contributed by atoms with E-state index in [2.05, 4.69) is 15.6 Å². The smallest absolute Gasteiger partial charge is 0.321 e. The molecule has 0 spiro atoms. The van der Waals surface area contributed by atoms with E-state index in [0.29, 0.717) is 34.5 Å². The van der Waals surface area contributed by atoms with E-state index in [-0.39, 0.29) is 23.1 Å². The van der Waals surface area contributed by atoms with Crippen molar-refractivity contribution in [3.8, 4) is 5.69 Å². The largest absolute Gasteiger partial charge is 0.351 e. The fourth-order valence-corrected chi connectivity index (χ4v) is 4.41. The predicted octanol–water partition coefficient (Wildman–Crippen LogP) is 3.37. The van der Waals surface area contributed by atoms with Crippen LogP contribution in [-0.2, 0) is 0 Å². The first-order chi connectivity index (χ1) is 15.4. The Morgan fingerprint density at radius 2 is 2.12 bits per heavy atom. The van der Waals surface area contributed by atoms with Crippen LogP contribution in [0.25, 0.3) is 5.69 Å². The molecule has 0 saturated carbocycles. The summed E-state index contributed by atoms with van der Waals surface area (Å²) in [5.74, 6) is -0.747. The van der Waals surface area contributed by atoms with Gasteiger partial charge in [0.2, 0.25) is 0 Å². The molecule has 0 aliphatic carbocycles. The van der Waals surface area contributed by atoms with Crippen molar-refractivity contribution in [1.82, 2.24) is 19.8 Å². The number of hydrogen-bond acceptors (Lipinski definition) is 5. The maximum Gasteiger partial charge on any atom is 0.321 e. The molecule has 2 N–H and O–H groups in total. The van der Waals surface area contributed by atoms with Crippen molar-refractivity contribution >= 4 is 40.6 Å². The molecule has 3 amide bonds. The SMILES string of the molecule is O=C(NC[C@H]1CCN(C(=O)Nc2ccc(-n3ccncc3=O)cc2F)C1)c1ccc(Cl)s1.